The number of aryl methyl sites for hydroxylation is 1. The molecule has 2 aromatic heterocycles. The van der Waals surface area contributed by atoms with Crippen molar-refractivity contribution in [1.82, 2.24) is 24.8 Å². The zero-order chi connectivity index (χ0) is 19.8. The smallest absolute Gasteiger partial charge is 0.254 e. The topological polar surface area (TPSA) is 84.0 Å². The maximum Gasteiger partial charge on any atom is 0.254 e. The van der Waals surface area contributed by atoms with Crippen LogP contribution in [0.1, 0.15) is 40.3 Å². The van der Waals surface area contributed by atoms with Crippen molar-refractivity contribution in [3.63, 3.8) is 0 Å². The number of fused-ring (bicyclic) bond motifs is 2. The highest BCUT2D eigenvalue weighted by atomic mass is 16.5. The number of hydrogen-bond donors (Lipinski definition) is 1. The largest absolute Gasteiger partial charge is 0.368 e. The van der Waals surface area contributed by atoms with Crippen LogP contribution in [0.3, 0.4) is 0 Å². The van der Waals surface area contributed by atoms with Gasteiger partial charge in [0.05, 0.1) is 17.9 Å². The van der Waals surface area contributed by atoms with Gasteiger partial charge in [-0.1, -0.05) is 18.2 Å². The third kappa shape index (κ3) is 3.11. The highest BCUT2D eigenvalue weighted by molar-refractivity contribution is 6.00. The van der Waals surface area contributed by atoms with Crippen LogP contribution in [0, 0.1) is 6.92 Å². The molecular weight excluding hydrogens is 366 g/mol. The fourth-order valence-corrected chi connectivity index (χ4v) is 4.41. The van der Waals surface area contributed by atoms with E-state index in [1.807, 2.05) is 42.3 Å². The minimum Gasteiger partial charge on any atom is -0.368 e. The zero-order valence-electron chi connectivity index (χ0n) is 16.4. The molecule has 5 rings (SSSR count). The van der Waals surface area contributed by atoms with E-state index >= 15 is 0 Å². The number of carbonyl (C=O) groups is 1. The molecule has 0 aliphatic carbocycles. The molecule has 1 aromatic carbocycles. The Morgan fingerprint density at radius 1 is 1.21 bits per heavy atom. The number of aromatic nitrogens is 4. The number of amides is 1. The van der Waals surface area contributed by atoms with Gasteiger partial charge in [-0.2, -0.15) is 0 Å². The molecule has 1 N–H and O–H groups in total. The first kappa shape index (κ1) is 18.0. The molecule has 1 saturated heterocycles. The monoisotopic (exact) mass is 389 g/mol. The molecule has 1 amide bonds. The number of aromatic amines is 1. The minimum absolute atomic E-state index is 0.0294. The number of likely N-dealkylation sites (tertiary alicyclic amines) is 1. The quantitative estimate of drug-likeness (QED) is 0.729. The van der Waals surface area contributed by atoms with Crippen LogP contribution in [-0.2, 0) is 16.8 Å². The van der Waals surface area contributed by atoms with Gasteiger partial charge in [-0.25, -0.2) is 15.0 Å². The van der Waals surface area contributed by atoms with Crippen LogP contribution in [0.5, 0.6) is 0 Å². The van der Waals surface area contributed by atoms with Crippen molar-refractivity contribution in [3.8, 4) is 11.4 Å². The predicted molar refractivity (Wildman–Crippen MR) is 107 cm³/mol. The van der Waals surface area contributed by atoms with Crippen LogP contribution >= 0.6 is 0 Å². The van der Waals surface area contributed by atoms with Gasteiger partial charge in [-0.05, 0) is 37.8 Å². The lowest BCUT2D eigenvalue weighted by atomic mass is 9.83. The highest BCUT2D eigenvalue weighted by Gasteiger charge is 2.43. The van der Waals surface area contributed by atoms with Gasteiger partial charge in [-0.3, -0.25) is 4.79 Å². The van der Waals surface area contributed by atoms with E-state index in [9.17, 15) is 4.79 Å². The zero-order valence-corrected chi connectivity index (χ0v) is 16.4. The van der Waals surface area contributed by atoms with Crippen molar-refractivity contribution < 1.29 is 9.53 Å². The third-order valence-electron chi connectivity index (χ3n) is 5.94. The van der Waals surface area contributed by atoms with Crippen LogP contribution in [0.2, 0.25) is 0 Å². The second-order valence-electron chi connectivity index (χ2n) is 7.66. The first-order chi connectivity index (χ1) is 14.2. The molecular formula is C22H23N5O2. The Labute approximate surface area is 169 Å². The summed E-state index contributed by atoms with van der Waals surface area (Å²) in [5.41, 5.74) is 3.27. The van der Waals surface area contributed by atoms with Gasteiger partial charge in [0.1, 0.15) is 17.2 Å². The number of hydrogen-bond acceptors (Lipinski definition) is 5. The minimum atomic E-state index is -0.404. The normalized spacial score (nSPS) is 17.9. The molecule has 2 aliphatic heterocycles. The summed E-state index contributed by atoms with van der Waals surface area (Å²) in [4.78, 5) is 31.7. The van der Waals surface area contributed by atoms with E-state index in [0.29, 0.717) is 31.1 Å². The second kappa shape index (κ2) is 7.08. The SMILES string of the molecule is Cc1ncc2c(n1)C1(CCN(C(=O)c3ccccc3-c3ncc[nH]3)CC1)OCC2. The average molecular weight is 389 g/mol. The number of rotatable bonds is 2. The molecule has 0 radical (unpaired) electrons. The first-order valence-corrected chi connectivity index (χ1v) is 10.0. The van der Waals surface area contributed by atoms with Crippen LogP contribution in [-0.4, -0.2) is 50.4 Å². The molecule has 0 atom stereocenters. The molecule has 0 unspecified atom stereocenters. The van der Waals surface area contributed by atoms with Crippen molar-refractivity contribution in [2.75, 3.05) is 19.7 Å². The summed E-state index contributed by atoms with van der Waals surface area (Å²) >= 11 is 0. The first-order valence-electron chi connectivity index (χ1n) is 10.0. The number of piperidine rings is 1. The maximum atomic E-state index is 13.3. The van der Waals surface area contributed by atoms with Crippen LogP contribution in [0.25, 0.3) is 11.4 Å². The van der Waals surface area contributed by atoms with E-state index in [0.717, 1.165) is 36.3 Å². The van der Waals surface area contributed by atoms with Crippen molar-refractivity contribution >= 4 is 5.91 Å². The van der Waals surface area contributed by atoms with Crippen LogP contribution < -0.4 is 0 Å². The van der Waals surface area contributed by atoms with E-state index in [-0.39, 0.29) is 5.91 Å². The van der Waals surface area contributed by atoms with Gasteiger partial charge in [-0.15, -0.1) is 0 Å². The maximum absolute atomic E-state index is 13.3. The Bertz CT molecular complexity index is 1040. The molecule has 7 heteroatoms. The van der Waals surface area contributed by atoms with Gasteiger partial charge in [0, 0.05) is 37.2 Å². The molecule has 3 aromatic rings. The number of H-pyrrole nitrogens is 1. The van der Waals surface area contributed by atoms with Gasteiger partial charge in [0.15, 0.2) is 0 Å². The Morgan fingerprint density at radius 2 is 2.03 bits per heavy atom. The number of ether oxygens (including phenoxy) is 1. The number of carbonyl (C=O) groups excluding carboxylic acids is 1. The molecule has 148 valence electrons. The second-order valence-corrected chi connectivity index (χ2v) is 7.66. The molecule has 2 aliphatic rings. The standard InChI is InChI=1S/C22H23N5O2/c1-15-25-14-16-6-13-29-22(19(16)26-15)7-11-27(12-8-22)21(28)18-5-3-2-4-17(18)20-23-9-10-24-20/h2-5,9-10,14H,6-8,11-13H2,1H3,(H,23,24). The molecule has 4 heterocycles. The summed E-state index contributed by atoms with van der Waals surface area (Å²) < 4.78 is 6.26. The van der Waals surface area contributed by atoms with E-state index in [4.69, 9.17) is 9.72 Å². The van der Waals surface area contributed by atoms with Gasteiger partial charge >= 0.3 is 0 Å². The van der Waals surface area contributed by atoms with Crippen molar-refractivity contribution in [2.45, 2.75) is 31.8 Å². The molecule has 1 spiro atoms. The Morgan fingerprint density at radius 3 is 2.83 bits per heavy atom. The molecule has 0 bridgehead atoms. The lowest BCUT2D eigenvalue weighted by molar-refractivity contribution is -0.0968. The van der Waals surface area contributed by atoms with E-state index < -0.39 is 5.60 Å². The van der Waals surface area contributed by atoms with E-state index in [1.165, 1.54) is 5.56 Å². The van der Waals surface area contributed by atoms with Gasteiger partial charge < -0.3 is 14.6 Å². The number of imidazole rings is 1. The van der Waals surface area contributed by atoms with Crippen molar-refractivity contribution in [2.24, 2.45) is 0 Å². The van der Waals surface area contributed by atoms with Crippen LogP contribution in [0.15, 0.2) is 42.9 Å². The highest BCUT2D eigenvalue weighted by Crippen LogP contribution is 2.40. The Hall–Kier alpha value is -3.06. The van der Waals surface area contributed by atoms with Gasteiger partial charge in [0.2, 0.25) is 0 Å². The van der Waals surface area contributed by atoms with Gasteiger partial charge in [0.25, 0.3) is 5.91 Å². The van der Waals surface area contributed by atoms with Crippen molar-refractivity contribution in [3.05, 3.63) is 65.5 Å². The summed E-state index contributed by atoms with van der Waals surface area (Å²) in [6.07, 6.45) is 7.72. The number of nitrogens with one attached hydrogen (secondary N) is 1. The van der Waals surface area contributed by atoms with Crippen LogP contribution in [0.4, 0.5) is 0 Å². The van der Waals surface area contributed by atoms with E-state index in [1.54, 1.807) is 12.4 Å². The summed E-state index contributed by atoms with van der Waals surface area (Å²) in [5.74, 6) is 1.50. The fourth-order valence-electron chi connectivity index (χ4n) is 4.41. The van der Waals surface area contributed by atoms with Crippen molar-refractivity contribution in [1.29, 1.82) is 0 Å². The average Bonchev–Trinajstić information content (AvgIpc) is 3.29. The Kier molecular flexibility index (Phi) is 4.39. The summed E-state index contributed by atoms with van der Waals surface area (Å²) in [7, 11) is 0. The molecule has 7 nitrogen and oxygen atoms in total. The Balaban J connectivity index is 1.39. The van der Waals surface area contributed by atoms with E-state index in [2.05, 4.69) is 15.0 Å². The fraction of sp³-hybridized carbons (Fsp3) is 0.364. The number of nitrogens with zero attached hydrogens (tertiary/aromatic N) is 4. The molecule has 29 heavy (non-hydrogen) atoms. The lowest BCUT2D eigenvalue weighted by Gasteiger charge is -2.44. The third-order valence-corrected chi connectivity index (χ3v) is 5.94. The summed E-state index contributed by atoms with van der Waals surface area (Å²) in [6.45, 7) is 3.85. The predicted octanol–water partition coefficient (Wildman–Crippen LogP) is 2.88. The summed E-state index contributed by atoms with van der Waals surface area (Å²) in [5, 5.41) is 0. The summed E-state index contributed by atoms with van der Waals surface area (Å²) in [6, 6.07) is 7.62. The number of benzene rings is 1. The molecule has 0 saturated carbocycles. The molecule has 1 fully saturated rings. The lowest BCUT2D eigenvalue weighted by Crippen LogP contribution is -2.49.